The molecule has 2 heterocycles. The molecule has 0 bridgehead atoms. The highest BCUT2D eigenvalue weighted by Crippen LogP contribution is 2.22. The van der Waals surface area contributed by atoms with Gasteiger partial charge in [-0.05, 0) is 13.0 Å². The van der Waals surface area contributed by atoms with Crippen molar-refractivity contribution < 1.29 is 8.42 Å². The van der Waals surface area contributed by atoms with Gasteiger partial charge in [0.15, 0.2) is 0 Å². The molecule has 2 aromatic rings. The van der Waals surface area contributed by atoms with Gasteiger partial charge in [0.2, 0.25) is 10.0 Å². The van der Waals surface area contributed by atoms with E-state index < -0.39 is 16.1 Å². The molecule has 1 unspecified atom stereocenters. The van der Waals surface area contributed by atoms with Crippen LogP contribution in [0.2, 0.25) is 5.02 Å². The molecule has 18 heavy (non-hydrogen) atoms. The van der Waals surface area contributed by atoms with E-state index in [-0.39, 0.29) is 9.92 Å². The first-order valence-electron chi connectivity index (χ1n) is 5.02. The Hall–Kier alpha value is -1.02. The summed E-state index contributed by atoms with van der Waals surface area (Å²) in [7, 11) is -3.69. The molecule has 1 atom stereocenters. The molecule has 0 aromatic carbocycles. The van der Waals surface area contributed by atoms with Crippen molar-refractivity contribution >= 4 is 33.0 Å². The second-order valence-corrected chi connectivity index (χ2v) is 6.54. The zero-order chi connectivity index (χ0) is 13.2. The molecule has 5 nitrogen and oxygen atoms in total. The van der Waals surface area contributed by atoms with Crippen molar-refractivity contribution in [1.29, 1.82) is 0 Å². The second-order valence-electron chi connectivity index (χ2n) is 3.52. The van der Waals surface area contributed by atoms with Crippen LogP contribution in [0.25, 0.3) is 0 Å². The number of hydrogen-bond acceptors (Lipinski definition) is 5. The van der Waals surface area contributed by atoms with Gasteiger partial charge in [-0.25, -0.2) is 18.1 Å². The Morgan fingerprint density at radius 2 is 2.22 bits per heavy atom. The zero-order valence-electron chi connectivity index (χ0n) is 9.37. The van der Waals surface area contributed by atoms with Gasteiger partial charge in [0.1, 0.15) is 9.90 Å². The Morgan fingerprint density at radius 3 is 2.83 bits per heavy atom. The maximum Gasteiger partial charge on any atom is 0.244 e. The summed E-state index contributed by atoms with van der Waals surface area (Å²) in [5.74, 6) is 0. The fourth-order valence-electron chi connectivity index (χ4n) is 1.36. The fraction of sp³-hybridized carbons (Fsp3) is 0.200. The molecular formula is C10H10ClN3O2S2. The maximum atomic E-state index is 12.1. The van der Waals surface area contributed by atoms with Crippen LogP contribution in [0.15, 0.2) is 34.9 Å². The molecule has 2 aromatic heterocycles. The minimum absolute atomic E-state index is 0.0323. The van der Waals surface area contributed by atoms with Crippen LogP contribution in [-0.2, 0) is 10.0 Å². The number of pyridine rings is 1. The van der Waals surface area contributed by atoms with Crippen LogP contribution in [0.4, 0.5) is 0 Å². The quantitative estimate of drug-likeness (QED) is 0.940. The van der Waals surface area contributed by atoms with Gasteiger partial charge in [-0.15, -0.1) is 11.3 Å². The highest BCUT2D eigenvalue weighted by atomic mass is 35.5. The number of rotatable bonds is 4. The van der Waals surface area contributed by atoms with Crippen LogP contribution in [0.1, 0.15) is 18.0 Å². The molecule has 0 amide bonds. The number of thiazole rings is 1. The van der Waals surface area contributed by atoms with E-state index >= 15 is 0 Å². The number of halogens is 1. The second kappa shape index (κ2) is 5.31. The van der Waals surface area contributed by atoms with Crippen molar-refractivity contribution in [3.8, 4) is 0 Å². The molecule has 0 aliphatic rings. The van der Waals surface area contributed by atoms with Crippen LogP contribution in [-0.4, -0.2) is 18.4 Å². The molecule has 0 saturated heterocycles. The van der Waals surface area contributed by atoms with Crippen molar-refractivity contribution in [2.75, 3.05) is 0 Å². The SMILES string of the molecule is CC(NS(=O)(=O)c1cnccc1Cl)c1nccs1. The summed E-state index contributed by atoms with van der Waals surface area (Å²) in [5.41, 5.74) is 0. The van der Waals surface area contributed by atoms with Gasteiger partial charge in [-0.3, -0.25) is 4.98 Å². The first-order valence-corrected chi connectivity index (χ1v) is 7.76. The number of aromatic nitrogens is 2. The molecule has 0 radical (unpaired) electrons. The molecule has 0 aliphatic carbocycles. The molecule has 0 fully saturated rings. The molecule has 2 rings (SSSR count). The highest BCUT2D eigenvalue weighted by Gasteiger charge is 2.22. The Labute approximate surface area is 114 Å². The smallest absolute Gasteiger partial charge is 0.244 e. The summed E-state index contributed by atoms with van der Waals surface area (Å²) in [6.07, 6.45) is 4.28. The lowest BCUT2D eigenvalue weighted by molar-refractivity contribution is 0.566. The van der Waals surface area contributed by atoms with Crippen molar-refractivity contribution in [3.63, 3.8) is 0 Å². The lowest BCUT2D eigenvalue weighted by atomic mass is 10.4. The summed E-state index contributed by atoms with van der Waals surface area (Å²) in [6.45, 7) is 1.72. The molecule has 1 N–H and O–H groups in total. The molecule has 0 saturated carbocycles. The predicted octanol–water partition coefficient (Wildman–Crippen LogP) is 2.23. The first-order chi connectivity index (χ1) is 8.50. The average molecular weight is 304 g/mol. The van der Waals surface area contributed by atoms with Crippen molar-refractivity contribution in [2.45, 2.75) is 17.9 Å². The summed E-state index contributed by atoms with van der Waals surface area (Å²) in [4.78, 5) is 7.79. The van der Waals surface area contributed by atoms with E-state index in [0.717, 1.165) is 0 Å². The van der Waals surface area contributed by atoms with E-state index in [2.05, 4.69) is 14.7 Å². The van der Waals surface area contributed by atoms with E-state index in [1.165, 1.54) is 29.8 Å². The van der Waals surface area contributed by atoms with Crippen LogP contribution in [0.3, 0.4) is 0 Å². The van der Waals surface area contributed by atoms with Crippen LogP contribution < -0.4 is 4.72 Å². The van der Waals surface area contributed by atoms with Crippen molar-refractivity contribution in [1.82, 2.24) is 14.7 Å². The molecule has 0 spiro atoms. The lowest BCUT2D eigenvalue weighted by Crippen LogP contribution is -2.27. The normalized spacial score (nSPS) is 13.4. The summed E-state index contributed by atoms with van der Waals surface area (Å²) < 4.78 is 26.7. The predicted molar refractivity (Wildman–Crippen MR) is 70.1 cm³/mol. The summed E-state index contributed by atoms with van der Waals surface area (Å²) >= 11 is 7.23. The van der Waals surface area contributed by atoms with Crippen molar-refractivity contribution in [3.05, 3.63) is 40.1 Å². The zero-order valence-corrected chi connectivity index (χ0v) is 11.8. The monoisotopic (exact) mass is 303 g/mol. The Kier molecular flexibility index (Phi) is 3.96. The van der Waals surface area contributed by atoms with Gasteiger partial charge in [0, 0.05) is 24.0 Å². The number of nitrogens with one attached hydrogen (secondary N) is 1. The van der Waals surface area contributed by atoms with E-state index in [1.807, 2.05) is 0 Å². The largest absolute Gasteiger partial charge is 0.263 e. The van der Waals surface area contributed by atoms with Gasteiger partial charge in [-0.1, -0.05) is 11.6 Å². The molecule has 0 aliphatic heterocycles. The van der Waals surface area contributed by atoms with Gasteiger partial charge in [-0.2, -0.15) is 0 Å². The third-order valence-electron chi connectivity index (χ3n) is 2.18. The topological polar surface area (TPSA) is 72.0 Å². The summed E-state index contributed by atoms with van der Waals surface area (Å²) in [5, 5.41) is 2.62. The minimum atomic E-state index is -3.69. The van der Waals surface area contributed by atoms with Crippen molar-refractivity contribution in [2.24, 2.45) is 0 Å². The Bertz CT molecular complexity index is 628. The van der Waals surface area contributed by atoms with Crippen LogP contribution in [0.5, 0.6) is 0 Å². The highest BCUT2D eigenvalue weighted by molar-refractivity contribution is 7.89. The lowest BCUT2D eigenvalue weighted by Gasteiger charge is -2.12. The molecule has 96 valence electrons. The third kappa shape index (κ3) is 2.86. The third-order valence-corrected chi connectivity index (χ3v) is 5.15. The van der Waals surface area contributed by atoms with Gasteiger partial charge < -0.3 is 0 Å². The maximum absolute atomic E-state index is 12.1. The van der Waals surface area contributed by atoms with Crippen LogP contribution >= 0.6 is 22.9 Å². The summed E-state index contributed by atoms with van der Waals surface area (Å²) in [6, 6.07) is 1.02. The number of sulfonamides is 1. The van der Waals surface area contributed by atoms with Gasteiger partial charge in [0.05, 0.1) is 11.1 Å². The van der Waals surface area contributed by atoms with Gasteiger partial charge in [0.25, 0.3) is 0 Å². The standard InChI is InChI=1S/C10H10ClN3O2S2/c1-7(10-13-4-5-17-10)14-18(15,16)9-6-12-3-2-8(9)11/h2-7,14H,1H3. The number of hydrogen-bond donors (Lipinski definition) is 1. The molecule has 8 heteroatoms. The van der Waals surface area contributed by atoms with Crippen LogP contribution in [0, 0.1) is 0 Å². The minimum Gasteiger partial charge on any atom is -0.263 e. The Balaban J connectivity index is 2.26. The van der Waals surface area contributed by atoms with E-state index in [9.17, 15) is 8.42 Å². The Morgan fingerprint density at radius 1 is 1.44 bits per heavy atom. The van der Waals surface area contributed by atoms with Gasteiger partial charge >= 0.3 is 0 Å². The fourth-order valence-corrected chi connectivity index (χ4v) is 3.71. The first kappa shape index (κ1) is 13.4. The average Bonchev–Trinajstić information content (AvgIpc) is 2.82. The van der Waals surface area contributed by atoms with E-state index in [1.54, 1.807) is 18.5 Å². The molecular weight excluding hydrogens is 294 g/mol. The van der Waals surface area contributed by atoms with E-state index in [0.29, 0.717) is 5.01 Å². The van der Waals surface area contributed by atoms with E-state index in [4.69, 9.17) is 11.6 Å². The number of nitrogens with zero attached hydrogens (tertiary/aromatic N) is 2.